The number of hydrogen-bond acceptors (Lipinski definition) is 5. The summed E-state index contributed by atoms with van der Waals surface area (Å²) in [5.41, 5.74) is -0.901. The van der Waals surface area contributed by atoms with Gasteiger partial charge in [0.15, 0.2) is 5.54 Å². The van der Waals surface area contributed by atoms with Gasteiger partial charge in [-0.1, -0.05) is 6.07 Å². The van der Waals surface area contributed by atoms with Crippen molar-refractivity contribution in [3.8, 4) is 11.8 Å². The van der Waals surface area contributed by atoms with Crippen molar-refractivity contribution in [3.05, 3.63) is 47.5 Å². The number of nitriles is 1. The van der Waals surface area contributed by atoms with Gasteiger partial charge in [-0.2, -0.15) is 5.26 Å². The van der Waals surface area contributed by atoms with E-state index in [-0.39, 0.29) is 17.5 Å². The number of benzene rings is 1. The molecular weight excluding hydrogens is 339 g/mol. The topological polar surface area (TPSA) is 77.1 Å². The molecule has 3 rings (SSSR count). The molecular formula is C16H12F3N3O3. The van der Waals surface area contributed by atoms with Crippen LogP contribution >= 0.6 is 0 Å². The fraction of sp³-hybridized carbons (Fsp3) is 0.312. The van der Waals surface area contributed by atoms with Gasteiger partial charge in [0, 0.05) is 17.5 Å². The summed E-state index contributed by atoms with van der Waals surface area (Å²) in [6, 6.07) is 5.33. The van der Waals surface area contributed by atoms with Gasteiger partial charge in [0.25, 0.3) is 0 Å². The number of ether oxygens (including phenoxy) is 2. The van der Waals surface area contributed by atoms with Crippen LogP contribution in [-0.4, -0.2) is 29.0 Å². The zero-order chi connectivity index (χ0) is 18.2. The molecule has 9 heteroatoms. The minimum absolute atomic E-state index is 0.0214. The normalized spacial score (nSPS) is 19.2. The van der Waals surface area contributed by atoms with Crippen LogP contribution in [0, 0.1) is 11.3 Å². The Labute approximate surface area is 140 Å². The predicted octanol–water partition coefficient (Wildman–Crippen LogP) is 2.52. The van der Waals surface area contributed by atoms with E-state index in [4.69, 9.17) is 10.00 Å². The van der Waals surface area contributed by atoms with Gasteiger partial charge in [-0.05, 0) is 25.0 Å². The lowest BCUT2D eigenvalue weighted by Gasteiger charge is -2.30. The Morgan fingerprint density at radius 3 is 2.84 bits per heavy atom. The highest BCUT2D eigenvalue weighted by Crippen LogP contribution is 2.44. The molecule has 1 aromatic carbocycles. The quantitative estimate of drug-likeness (QED) is 0.794. The molecule has 130 valence electrons. The summed E-state index contributed by atoms with van der Waals surface area (Å²) in [7, 11) is 1.16. The van der Waals surface area contributed by atoms with Crippen LogP contribution in [0.15, 0.2) is 30.7 Å². The Bertz CT molecular complexity index is 869. The van der Waals surface area contributed by atoms with E-state index in [0.29, 0.717) is 12.1 Å². The van der Waals surface area contributed by atoms with Gasteiger partial charge in [-0.15, -0.1) is 13.2 Å². The number of imidazole rings is 1. The van der Waals surface area contributed by atoms with Crippen LogP contribution in [0.3, 0.4) is 0 Å². The molecule has 0 bridgehead atoms. The number of methoxy groups -OCH3 is 1. The maximum Gasteiger partial charge on any atom is 0.573 e. The van der Waals surface area contributed by atoms with E-state index in [0.717, 1.165) is 13.2 Å². The number of nitrogens with zero attached hydrogens (tertiary/aromatic N) is 3. The standard InChI is InChI=1S/C16H12F3N3O3/c1-24-14(23)15(5-4-11-8-21-9-22(11)15)12-3-2-10(7-20)6-13(12)25-16(17,18)19/h2-3,6,8-9H,4-5H2,1H3. The van der Waals surface area contributed by atoms with E-state index in [1.165, 1.54) is 23.0 Å². The highest BCUT2D eigenvalue weighted by atomic mass is 19.4. The fourth-order valence-electron chi connectivity index (χ4n) is 3.17. The average Bonchev–Trinajstić information content (AvgIpc) is 3.15. The summed E-state index contributed by atoms with van der Waals surface area (Å²) in [5, 5.41) is 8.97. The molecule has 0 saturated heterocycles. The number of hydrogen-bond donors (Lipinski definition) is 0. The van der Waals surface area contributed by atoms with E-state index in [9.17, 15) is 18.0 Å². The maximum atomic E-state index is 12.8. The summed E-state index contributed by atoms with van der Waals surface area (Å²) in [5.74, 6) is -1.35. The first-order valence-electron chi connectivity index (χ1n) is 7.22. The second kappa shape index (κ2) is 5.81. The second-order valence-corrected chi connectivity index (χ2v) is 5.48. The molecule has 0 fully saturated rings. The number of aryl methyl sites for hydroxylation is 1. The molecule has 1 unspecified atom stereocenters. The van der Waals surface area contributed by atoms with Crippen molar-refractivity contribution < 1.29 is 27.4 Å². The molecule has 0 amide bonds. The SMILES string of the molecule is COC(=O)C1(c2ccc(C#N)cc2OC(F)(F)F)CCc2cncn21. The monoisotopic (exact) mass is 351 g/mol. The number of carbonyl (C=O) groups is 1. The van der Waals surface area contributed by atoms with Crippen molar-refractivity contribution >= 4 is 5.97 Å². The van der Waals surface area contributed by atoms with E-state index < -0.39 is 23.6 Å². The third-order valence-corrected chi connectivity index (χ3v) is 4.17. The summed E-state index contributed by atoms with van der Waals surface area (Å²) in [4.78, 5) is 16.6. The number of carbonyl (C=O) groups excluding carboxylic acids is 1. The molecule has 6 nitrogen and oxygen atoms in total. The number of esters is 1. The molecule has 0 saturated carbocycles. The van der Waals surface area contributed by atoms with Gasteiger partial charge in [0.05, 0.1) is 25.1 Å². The van der Waals surface area contributed by atoms with Crippen LogP contribution in [0.25, 0.3) is 0 Å². The van der Waals surface area contributed by atoms with Crippen molar-refractivity contribution in [2.24, 2.45) is 0 Å². The first-order chi connectivity index (χ1) is 11.8. The summed E-state index contributed by atoms with van der Waals surface area (Å²) in [6.45, 7) is 0. The van der Waals surface area contributed by atoms with Crippen molar-refractivity contribution in [2.75, 3.05) is 7.11 Å². The Balaban J connectivity index is 2.25. The lowest BCUT2D eigenvalue weighted by molar-refractivity contribution is -0.275. The van der Waals surface area contributed by atoms with Gasteiger partial charge < -0.3 is 14.0 Å². The summed E-state index contributed by atoms with van der Waals surface area (Å²) < 4.78 is 49.0. The molecule has 2 aromatic rings. The molecule has 2 heterocycles. The van der Waals surface area contributed by atoms with Crippen LogP contribution in [0.4, 0.5) is 13.2 Å². The van der Waals surface area contributed by atoms with Crippen LogP contribution in [0.2, 0.25) is 0 Å². The summed E-state index contributed by atoms with van der Waals surface area (Å²) >= 11 is 0. The highest BCUT2D eigenvalue weighted by Gasteiger charge is 2.50. The number of aromatic nitrogens is 2. The minimum Gasteiger partial charge on any atom is -0.467 e. The molecule has 1 aliphatic heterocycles. The Morgan fingerprint density at radius 1 is 1.44 bits per heavy atom. The van der Waals surface area contributed by atoms with Crippen molar-refractivity contribution in [2.45, 2.75) is 24.7 Å². The summed E-state index contributed by atoms with van der Waals surface area (Å²) in [6.07, 6.45) is -1.44. The fourth-order valence-corrected chi connectivity index (χ4v) is 3.17. The zero-order valence-electron chi connectivity index (χ0n) is 13.0. The molecule has 1 aliphatic rings. The molecule has 0 N–H and O–H groups in total. The van der Waals surface area contributed by atoms with Gasteiger partial charge in [0.2, 0.25) is 0 Å². The van der Waals surface area contributed by atoms with Crippen LogP contribution in [-0.2, 0) is 21.5 Å². The average molecular weight is 351 g/mol. The van der Waals surface area contributed by atoms with Crippen LogP contribution < -0.4 is 4.74 Å². The van der Waals surface area contributed by atoms with Crippen molar-refractivity contribution in [1.82, 2.24) is 9.55 Å². The van der Waals surface area contributed by atoms with Gasteiger partial charge in [-0.3, -0.25) is 0 Å². The van der Waals surface area contributed by atoms with Gasteiger partial charge >= 0.3 is 12.3 Å². The molecule has 1 atom stereocenters. The van der Waals surface area contributed by atoms with Gasteiger partial charge in [0.1, 0.15) is 5.75 Å². The number of halogens is 3. The van der Waals surface area contributed by atoms with E-state index in [1.807, 2.05) is 0 Å². The third-order valence-electron chi connectivity index (χ3n) is 4.17. The highest BCUT2D eigenvalue weighted by molar-refractivity contribution is 5.85. The van der Waals surface area contributed by atoms with Crippen LogP contribution in [0.5, 0.6) is 5.75 Å². The number of fused-ring (bicyclic) bond motifs is 1. The van der Waals surface area contributed by atoms with E-state index in [2.05, 4.69) is 9.72 Å². The van der Waals surface area contributed by atoms with E-state index >= 15 is 0 Å². The van der Waals surface area contributed by atoms with Crippen LogP contribution in [0.1, 0.15) is 23.2 Å². The van der Waals surface area contributed by atoms with Crippen molar-refractivity contribution in [3.63, 3.8) is 0 Å². The third kappa shape index (κ3) is 2.69. The molecule has 1 aromatic heterocycles. The minimum atomic E-state index is -4.98. The first-order valence-corrected chi connectivity index (χ1v) is 7.22. The number of rotatable bonds is 3. The van der Waals surface area contributed by atoms with E-state index in [1.54, 1.807) is 12.3 Å². The predicted molar refractivity (Wildman–Crippen MR) is 77.5 cm³/mol. The Morgan fingerprint density at radius 2 is 2.20 bits per heavy atom. The molecule has 0 aliphatic carbocycles. The largest absolute Gasteiger partial charge is 0.573 e. The maximum absolute atomic E-state index is 12.8. The van der Waals surface area contributed by atoms with Crippen molar-refractivity contribution in [1.29, 1.82) is 5.26 Å². The van der Waals surface area contributed by atoms with Gasteiger partial charge in [-0.25, -0.2) is 9.78 Å². The molecule has 25 heavy (non-hydrogen) atoms. The number of alkyl halides is 3. The zero-order valence-corrected chi connectivity index (χ0v) is 13.0. The lowest BCUT2D eigenvalue weighted by atomic mass is 9.86. The first kappa shape index (κ1) is 16.8. The molecule has 0 radical (unpaired) electrons. The Hall–Kier alpha value is -3.02. The Kier molecular flexibility index (Phi) is 3.91. The smallest absolute Gasteiger partial charge is 0.467 e. The second-order valence-electron chi connectivity index (χ2n) is 5.48. The molecule has 0 spiro atoms. The lowest BCUT2D eigenvalue weighted by Crippen LogP contribution is -2.41.